The molecule has 0 saturated heterocycles. The van der Waals surface area contributed by atoms with Crippen LogP contribution in [0.15, 0.2) is 34.6 Å². The number of nitrogens with one attached hydrogen (secondary N) is 1. The topological polar surface area (TPSA) is 43.8 Å². The van der Waals surface area contributed by atoms with E-state index in [4.69, 9.17) is 0 Å². The molecule has 0 aliphatic heterocycles. The van der Waals surface area contributed by atoms with Crippen LogP contribution in [0.3, 0.4) is 0 Å². The molecule has 0 saturated carbocycles. The molecule has 0 fully saturated rings. The first-order chi connectivity index (χ1) is 11.0. The highest BCUT2D eigenvalue weighted by Gasteiger charge is 2.09. The summed E-state index contributed by atoms with van der Waals surface area (Å²) in [4.78, 5) is 12.8. The number of aromatic nitrogens is 1. The summed E-state index contributed by atoms with van der Waals surface area (Å²) in [6, 6.07) is 6.50. The molecule has 0 unspecified atom stereocenters. The first-order valence-corrected chi connectivity index (χ1v) is 8.15. The van der Waals surface area contributed by atoms with Crippen molar-refractivity contribution in [2.75, 3.05) is 33.1 Å². The summed E-state index contributed by atoms with van der Waals surface area (Å²) < 4.78 is 13.0. The van der Waals surface area contributed by atoms with Crippen molar-refractivity contribution < 1.29 is 4.39 Å². The lowest BCUT2D eigenvalue weighted by Gasteiger charge is -2.22. The van der Waals surface area contributed by atoms with Gasteiger partial charge in [-0.3, -0.25) is 4.99 Å². The highest BCUT2D eigenvalue weighted by Crippen LogP contribution is 2.17. The van der Waals surface area contributed by atoms with Gasteiger partial charge in [0.2, 0.25) is 0 Å². The van der Waals surface area contributed by atoms with Crippen LogP contribution in [0, 0.1) is 5.82 Å². The van der Waals surface area contributed by atoms with Gasteiger partial charge in [-0.15, -0.1) is 35.3 Å². The van der Waals surface area contributed by atoms with Gasteiger partial charge in [-0.05, 0) is 17.7 Å². The van der Waals surface area contributed by atoms with E-state index >= 15 is 0 Å². The summed E-state index contributed by atoms with van der Waals surface area (Å²) in [5.41, 5.74) is 2.01. The fourth-order valence-corrected chi connectivity index (χ4v) is 2.83. The molecule has 0 bridgehead atoms. The Labute approximate surface area is 163 Å². The van der Waals surface area contributed by atoms with Crippen molar-refractivity contribution in [1.29, 1.82) is 0 Å². The highest BCUT2D eigenvalue weighted by atomic mass is 127. The van der Waals surface area contributed by atoms with E-state index in [1.807, 2.05) is 36.3 Å². The van der Waals surface area contributed by atoms with Crippen LogP contribution in [-0.2, 0) is 13.1 Å². The molecule has 132 valence electrons. The molecule has 0 amide bonds. The third-order valence-corrected chi connectivity index (χ3v) is 4.31. The lowest BCUT2D eigenvalue weighted by atomic mass is 10.2. The Kier molecular flexibility index (Phi) is 8.40. The number of hydrogen-bond donors (Lipinski definition) is 1. The van der Waals surface area contributed by atoms with Crippen LogP contribution in [0.4, 0.5) is 9.52 Å². The van der Waals surface area contributed by atoms with Crippen molar-refractivity contribution in [3.63, 3.8) is 0 Å². The van der Waals surface area contributed by atoms with Crippen LogP contribution in [-0.4, -0.2) is 44.0 Å². The Balaban J connectivity index is 0.00000288. The average molecular weight is 463 g/mol. The van der Waals surface area contributed by atoms with Gasteiger partial charge in [-0.1, -0.05) is 12.1 Å². The Morgan fingerprint density at radius 2 is 1.92 bits per heavy atom. The van der Waals surface area contributed by atoms with E-state index < -0.39 is 0 Å². The first kappa shape index (κ1) is 20.6. The third-order valence-electron chi connectivity index (χ3n) is 3.26. The summed E-state index contributed by atoms with van der Waals surface area (Å²) in [6.45, 7) is 1.27. The van der Waals surface area contributed by atoms with Crippen LogP contribution >= 0.6 is 35.3 Å². The minimum Gasteiger partial charge on any atom is -0.354 e. The maximum Gasteiger partial charge on any atom is 0.194 e. The normalized spacial score (nSPS) is 11.0. The van der Waals surface area contributed by atoms with Gasteiger partial charge in [-0.25, -0.2) is 9.37 Å². The lowest BCUT2D eigenvalue weighted by molar-refractivity contribution is 0.475. The van der Waals surface area contributed by atoms with E-state index in [9.17, 15) is 4.39 Å². The van der Waals surface area contributed by atoms with E-state index in [1.165, 1.54) is 12.1 Å². The molecule has 0 aliphatic rings. The molecule has 0 spiro atoms. The molecule has 1 aromatic heterocycles. The summed E-state index contributed by atoms with van der Waals surface area (Å²) in [5, 5.41) is 6.32. The van der Waals surface area contributed by atoms with Crippen molar-refractivity contribution >= 4 is 46.4 Å². The van der Waals surface area contributed by atoms with Gasteiger partial charge in [-0.2, -0.15) is 0 Å². The predicted octanol–water partition coefficient (Wildman–Crippen LogP) is 3.17. The Hall–Kier alpha value is -1.42. The summed E-state index contributed by atoms with van der Waals surface area (Å²) in [6.07, 6.45) is 0. The monoisotopic (exact) mass is 463 g/mol. The van der Waals surface area contributed by atoms with Crippen LogP contribution in [0.5, 0.6) is 0 Å². The van der Waals surface area contributed by atoms with Gasteiger partial charge >= 0.3 is 0 Å². The number of guanidine groups is 1. The van der Waals surface area contributed by atoms with Gasteiger partial charge in [0.25, 0.3) is 0 Å². The van der Waals surface area contributed by atoms with Crippen molar-refractivity contribution in [2.45, 2.75) is 13.1 Å². The third kappa shape index (κ3) is 5.90. The van der Waals surface area contributed by atoms with Crippen LogP contribution in [0.1, 0.15) is 11.3 Å². The molecule has 0 aliphatic carbocycles. The SMILES string of the molecule is CN=C(NCc1csc(N(C)C)n1)N(C)Cc1ccc(F)cc1.I. The van der Waals surface area contributed by atoms with Gasteiger partial charge in [0, 0.05) is 40.1 Å². The number of anilines is 1. The maximum absolute atomic E-state index is 13.0. The molecule has 0 atom stereocenters. The van der Waals surface area contributed by atoms with Gasteiger partial charge in [0.05, 0.1) is 12.2 Å². The molecule has 8 heteroatoms. The molecule has 1 N–H and O–H groups in total. The quantitative estimate of drug-likeness (QED) is 0.421. The van der Waals surface area contributed by atoms with Gasteiger partial charge in [0.1, 0.15) is 5.82 Å². The minimum absolute atomic E-state index is 0. The number of aliphatic imine (C=N–C) groups is 1. The minimum atomic E-state index is -0.223. The van der Waals surface area contributed by atoms with Gasteiger partial charge in [0.15, 0.2) is 11.1 Å². The van der Waals surface area contributed by atoms with Gasteiger partial charge < -0.3 is 15.1 Å². The van der Waals surface area contributed by atoms with Crippen molar-refractivity contribution in [1.82, 2.24) is 15.2 Å². The van der Waals surface area contributed by atoms with Crippen molar-refractivity contribution in [3.05, 3.63) is 46.7 Å². The predicted molar refractivity (Wildman–Crippen MR) is 110 cm³/mol. The van der Waals surface area contributed by atoms with Crippen LogP contribution in [0.25, 0.3) is 0 Å². The van der Waals surface area contributed by atoms with E-state index in [0.29, 0.717) is 13.1 Å². The second-order valence-electron chi connectivity index (χ2n) is 5.40. The van der Waals surface area contributed by atoms with E-state index in [0.717, 1.165) is 22.3 Å². The molecule has 24 heavy (non-hydrogen) atoms. The second-order valence-corrected chi connectivity index (χ2v) is 6.24. The Morgan fingerprint density at radius 3 is 2.46 bits per heavy atom. The van der Waals surface area contributed by atoms with Crippen molar-refractivity contribution in [2.24, 2.45) is 4.99 Å². The van der Waals surface area contributed by atoms with E-state index in [1.54, 1.807) is 30.5 Å². The van der Waals surface area contributed by atoms with E-state index in [2.05, 4.69) is 15.3 Å². The number of hydrogen-bond acceptors (Lipinski definition) is 4. The molecule has 1 aromatic carbocycles. The fraction of sp³-hybridized carbons (Fsp3) is 0.375. The molecule has 1 heterocycles. The maximum atomic E-state index is 13.0. The summed E-state index contributed by atoms with van der Waals surface area (Å²) in [5.74, 6) is 0.549. The van der Waals surface area contributed by atoms with E-state index in [-0.39, 0.29) is 29.8 Å². The Bertz CT molecular complexity index is 657. The number of benzene rings is 1. The molecule has 0 radical (unpaired) electrons. The summed E-state index contributed by atoms with van der Waals surface area (Å²) >= 11 is 1.62. The number of halogens is 2. The number of thiazole rings is 1. The smallest absolute Gasteiger partial charge is 0.194 e. The second kappa shape index (κ2) is 9.77. The van der Waals surface area contributed by atoms with Crippen LogP contribution in [0.2, 0.25) is 0 Å². The molecule has 2 aromatic rings. The Morgan fingerprint density at radius 1 is 1.25 bits per heavy atom. The standard InChI is InChI=1S/C16H22FN5S.HI/c1-18-15(19-9-14-11-23-16(20-14)21(2)3)22(4)10-12-5-7-13(17)8-6-12;/h5-8,11H,9-10H2,1-4H3,(H,18,19);1H. The summed E-state index contributed by atoms with van der Waals surface area (Å²) in [7, 11) is 7.65. The molecule has 2 rings (SSSR count). The zero-order chi connectivity index (χ0) is 16.8. The highest BCUT2D eigenvalue weighted by molar-refractivity contribution is 14.0. The molecule has 5 nitrogen and oxygen atoms in total. The zero-order valence-electron chi connectivity index (χ0n) is 14.3. The lowest BCUT2D eigenvalue weighted by Crippen LogP contribution is -2.38. The van der Waals surface area contributed by atoms with Crippen LogP contribution < -0.4 is 10.2 Å². The van der Waals surface area contributed by atoms with Crippen molar-refractivity contribution in [3.8, 4) is 0 Å². The fourth-order valence-electron chi connectivity index (χ4n) is 2.08. The zero-order valence-corrected chi connectivity index (χ0v) is 17.4. The molecular formula is C16H23FIN5S. The molecular weight excluding hydrogens is 440 g/mol. The number of rotatable bonds is 5. The first-order valence-electron chi connectivity index (χ1n) is 7.27. The number of nitrogens with zero attached hydrogens (tertiary/aromatic N) is 4. The largest absolute Gasteiger partial charge is 0.354 e. The average Bonchev–Trinajstić information content (AvgIpc) is 2.99.